The summed E-state index contributed by atoms with van der Waals surface area (Å²) in [7, 11) is 1.72. The molecule has 0 aromatic carbocycles. The molecule has 0 unspecified atom stereocenters. The molecule has 0 amide bonds. The maximum atomic E-state index is 12.7. The van der Waals surface area contributed by atoms with Crippen LogP contribution in [0.15, 0.2) is 12.4 Å². The van der Waals surface area contributed by atoms with E-state index in [1.165, 1.54) is 0 Å². The molecule has 0 saturated carbocycles. The van der Waals surface area contributed by atoms with Gasteiger partial charge in [0.15, 0.2) is 17.9 Å². The number of hydrogen-bond acceptors (Lipinski definition) is 4. The largest absolute Gasteiger partial charge is 0.296 e. The molecule has 2 aromatic rings. The maximum Gasteiger partial charge on any atom is 0.171 e. The van der Waals surface area contributed by atoms with Crippen molar-refractivity contribution in [1.82, 2.24) is 19.7 Å². The third-order valence-electron chi connectivity index (χ3n) is 2.32. The second kappa shape index (κ2) is 3.80. The maximum absolute atomic E-state index is 12.7. The van der Waals surface area contributed by atoms with Gasteiger partial charge in [-0.05, 0) is 6.92 Å². The lowest BCUT2D eigenvalue weighted by molar-refractivity contribution is 0.111. The minimum absolute atomic E-state index is 0.256. The van der Waals surface area contributed by atoms with E-state index >= 15 is 0 Å². The van der Waals surface area contributed by atoms with Crippen molar-refractivity contribution in [3.8, 4) is 11.4 Å². The van der Waals surface area contributed by atoms with E-state index in [2.05, 4.69) is 15.1 Å². The summed E-state index contributed by atoms with van der Waals surface area (Å²) in [5, 5.41) is 4.00. The van der Waals surface area contributed by atoms with Crippen LogP contribution in [0, 0.1) is 12.7 Å². The van der Waals surface area contributed by atoms with Crippen molar-refractivity contribution in [2.45, 2.75) is 6.92 Å². The van der Waals surface area contributed by atoms with Gasteiger partial charge < -0.3 is 0 Å². The van der Waals surface area contributed by atoms with Crippen molar-refractivity contribution in [3.63, 3.8) is 0 Å². The zero-order valence-electron chi connectivity index (χ0n) is 8.81. The quantitative estimate of drug-likeness (QED) is 0.712. The molecule has 82 valence electrons. The Morgan fingerprint density at radius 3 is 2.56 bits per heavy atom. The number of nitrogens with zero attached hydrogens (tertiary/aromatic N) is 4. The second-order valence-electron chi connectivity index (χ2n) is 3.31. The molecule has 0 fully saturated rings. The lowest BCUT2D eigenvalue weighted by atomic mass is 10.2. The lowest BCUT2D eigenvalue weighted by Crippen LogP contribution is -1.94. The van der Waals surface area contributed by atoms with E-state index in [-0.39, 0.29) is 5.69 Å². The number of hydrogen-bond donors (Lipinski definition) is 0. The Labute approximate surface area is 91.0 Å². The summed E-state index contributed by atoms with van der Waals surface area (Å²) in [6, 6.07) is 0. The van der Waals surface area contributed by atoms with Gasteiger partial charge in [0.1, 0.15) is 5.69 Å². The highest BCUT2D eigenvalue weighted by atomic mass is 19.1. The molecule has 0 spiro atoms. The highest BCUT2D eigenvalue weighted by Gasteiger charge is 2.16. The first-order valence-electron chi connectivity index (χ1n) is 4.60. The molecule has 0 atom stereocenters. The summed E-state index contributed by atoms with van der Waals surface area (Å²) < 4.78 is 14.2. The van der Waals surface area contributed by atoms with Gasteiger partial charge in [-0.25, -0.2) is 14.4 Å². The van der Waals surface area contributed by atoms with Crippen LogP contribution in [-0.2, 0) is 7.05 Å². The van der Waals surface area contributed by atoms with E-state index in [1.54, 1.807) is 18.7 Å². The van der Waals surface area contributed by atoms with Crippen molar-refractivity contribution < 1.29 is 9.18 Å². The minimum Gasteiger partial charge on any atom is -0.296 e. The fourth-order valence-corrected chi connectivity index (χ4v) is 1.43. The Hall–Kier alpha value is -2.11. The molecule has 0 aliphatic rings. The molecule has 6 heteroatoms. The zero-order valence-corrected chi connectivity index (χ0v) is 8.81. The molecule has 16 heavy (non-hydrogen) atoms. The molecule has 0 aliphatic carbocycles. The van der Waals surface area contributed by atoms with E-state index in [4.69, 9.17) is 0 Å². The van der Waals surface area contributed by atoms with Crippen LogP contribution in [0.1, 0.15) is 16.2 Å². The normalized spacial score (nSPS) is 10.4. The molecule has 2 heterocycles. The monoisotopic (exact) mass is 220 g/mol. The van der Waals surface area contributed by atoms with Crippen LogP contribution in [0.2, 0.25) is 0 Å². The van der Waals surface area contributed by atoms with E-state index < -0.39 is 5.82 Å². The Morgan fingerprint density at radius 1 is 1.38 bits per heavy atom. The van der Waals surface area contributed by atoms with Gasteiger partial charge >= 0.3 is 0 Å². The average Bonchev–Trinajstić information content (AvgIpc) is 2.57. The predicted octanol–water partition coefficient (Wildman–Crippen LogP) is 1.14. The Balaban J connectivity index is 2.62. The van der Waals surface area contributed by atoms with Crippen LogP contribution in [0.25, 0.3) is 11.4 Å². The predicted molar refractivity (Wildman–Crippen MR) is 54.3 cm³/mol. The smallest absolute Gasteiger partial charge is 0.171 e. The summed E-state index contributed by atoms with van der Waals surface area (Å²) in [6.07, 6.45) is 2.75. The molecular formula is C10H9FN4O. The van der Waals surface area contributed by atoms with Gasteiger partial charge in [-0.2, -0.15) is 5.10 Å². The first kappa shape index (κ1) is 10.4. The van der Waals surface area contributed by atoms with Crippen molar-refractivity contribution in [2.75, 3.05) is 0 Å². The number of halogens is 1. The molecule has 5 nitrogen and oxygen atoms in total. The third-order valence-corrected chi connectivity index (χ3v) is 2.32. The Bertz CT molecular complexity index is 532. The number of carbonyl (C=O) groups is 1. The van der Waals surface area contributed by atoms with Crippen molar-refractivity contribution in [2.24, 2.45) is 7.05 Å². The molecule has 0 radical (unpaired) electrons. The molecular weight excluding hydrogens is 211 g/mol. The summed E-state index contributed by atoms with van der Waals surface area (Å²) >= 11 is 0. The standard InChI is InChI=1S/C10H9FN4O/c1-6-9(8(5-16)14-15(6)2)10-12-3-7(11)4-13-10/h3-5H,1-2H3. The fraction of sp³-hybridized carbons (Fsp3) is 0.200. The van der Waals surface area contributed by atoms with Gasteiger partial charge in [0.2, 0.25) is 0 Å². The number of carbonyl (C=O) groups excluding carboxylic acids is 1. The molecule has 0 N–H and O–H groups in total. The van der Waals surface area contributed by atoms with Gasteiger partial charge in [-0.15, -0.1) is 0 Å². The average molecular weight is 220 g/mol. The minimum atomic E-state index is -0.516. The van der Waals surface area contributed by atoms with Crippen LogP contribution in [0.4, 0.5) is 4.39 Å². The van der Waals surface area contributed by atoms with Gasteiger partial charge in [0, 0.05) is 12.7 Å². The first-order chi connectivity index (χ1) is 7.63. The van der Waals surface area contributed by atoms with Crippen LogP contribution in [0.3, 0.4) is 0 Å². The summed E-state index contributed by atoms with van der Waals surface area (Å²) in [4.78, 5) is 18.5. The van der Waals surface area contributed by atoms with E-state index in [0.717, 1.165) is 18.1 Å². The number of aldehydes is 1. The Morgan fingerprint density at radius 2 is 2.00 bits per heavy atom. The number of aryl methyl sites for hydroxylation is 1. The fourth-order valence-electron chi connectivity index (χ4n) is 1.43. The number of rotatable bonds is 2. The van der Waals surface area contributed by atoms with Gasteiger partial charge in [0.05, 0.1) is 18.0 Å². The highest BCUT2D eigenvalue weighted by Crippen LogP contribution is 2.21. The van der Waals surface area contributed by atoms with Crippen LogP contribution >= 0.6 is 0 Å². The van der Waals surface area contributed by atoms with Crippen molar-refractivity contribution in [3.05, 3.63) is 29.6 Å². The van der Waals surface area contributed by atoms with Gasteiger partial charge in [-0.3, -0.25) is 9.48 Å². The summed E-state index contributed by atoms with van der Waals surface area (Å²) in [5.74, 6) is -0.216. The van der Waals surface area contributed by atoms with E-state index in [1.807, 2.05) is 0 Å². The SMILES string of the molecule is Cc1c(-c2ncc(F)cn2)c(C=O)nn1C. The molecule has 2 aromatic heterocycles. The first-order valence-corrected chi connectivity index (χ1v) is 4.60. The summed E-state index contributed by atoms with van der Waals surface area (Å²) in [6.45, 7) is 1.79. The van der Waals surface area contributed by atoms with Gasteiger partial charge in [-0.1, -0.05) is 0 Å². The summed E-state index contributed by atoms with van der Waals surface area (Å²) in [5.41, 5.74) is 1.55. The van der Waals surface area contributed by atoms with Gasteiger partial charge in [0.25, 0.3) is 0 Å². The molecule has 2 rings (SSSR count). The highest BCUT2D eigenvalue weighted by molar-refractivity contribution is 5.84. The molecule has 0 saturated heterocycles. The van der Waals surface area contributed by atoms with Crippen molar-refractivity contribution >= 4 is 6.29 Å². The van der Waals surface area contributed by atoms with Crippen LogP contribution < -0.4 is 0 Å². The lowest BCUT2D eigenvalue weighted by Gasteiger charge is -1.99. The van der Waals surface area contributed by atoms with E-state index in [0.29, 0.717) is 17.7 Å². The molecule has 0 aliphatic heterocycles. The van der Waals surface area contributed by atoms with E-state index in [9.17, 15) is 9.18 Å². The van der Waals surface area contributed by atoms with Crippen molar-refractivity contribution in [1.29, 1.82) is 0 Å². The van der Waals surface area contributed by atoms with Crippen LogP contribution in [0.5, 0.6) is 0 Å². The zero-order chi connectivity index (χ0) is 11.7. The topological polar surface area (TPSA) is 60.7 Å². The Kier molecular flexibility index (Phi) is 2.47. The molecule has 0 bridgehead atoms. The third kappa shape index (κ3) is 1.58. The second-order valence-corrected chi connectivity index (χ2v) is 3.31. The van der Waals surface area contributed by atoms with Crippen LogP contribution in [-0.4, -0.2) is 26.0 Å². The number of aromatic nitrogens is 4.